The van der Waals surface area contributed by atoms with Crippen molar-refractivity contribution in [3.05, 3.63) is 120 Å². The molecular formula is C33H35N3O5S. The largest absolute Gasteiger partial charge is 0.457 e. The van der Waals surface area contributed by atoms with Crippen molar-refractivity contribution in [2.24, 2.45) is 0 Å². The number of hydrogen-bond donors (Lipinski definition) is 1. The monoisotopic (exact) mass is 585 g/mol. The Morgan fingerprint density at radius 3 is 1.95 bits per heavy atom. The number of anilines is 1. The van der Waals surface area contributed by atoms with Gasteiger partial charge in [0.15, 0.2) is 0 Å². The highest BCUT2D eigenvalue weighted by atomic mass is 32.2. The summed E-state index contributed by atoms with van der Waals surface area (Å²) in [6.45, 7) is 3.43. The van der Waals surface area contributed by atoms with Crippen LogP contribution in [0.25, 0.3) is 0 Å². The van der Waals surface area contributed by atoms with E-state index in [-0.39, 0.29) is 23.0 Å². The summed E-state index contributed by atoms with van der Waals surface area (Å²) in [7, 11) is -2.63. The Labute approximate surface area is 247 Å². The van der Waals surface area contributed by atoms with Crippen molar-refractivity contribution in [1.29, 1.82) is 0 Å². The topological polar surface area (TPSA) is 96.0 Å². The zero-order chi connectivity index (χ0) is 30.1. The second-order valence-electron chi connectivity index (χ2n) is 9.78. The number of aryl methyl sites for hydroxylation is 1. The molecule has 4 aromatic rings. The number of sulfonamides is 1. The molecule has 0 saturated heterocycles. The molecule has 8 nitrogen and oxygen atoms in total. The molecule has 0 spiro atoms. The first-order valence-corrected chi connectivity index (χ1v) is 15.1. The quantitative estimate of drug-likeness (QED) is 0.236. The van der Waals surface area contributed by atoms with Crippen molar-refractivity contribution in [3.8, 4) is 11.5 Å². The van der Waals surface area contributed by atoms with Gasteiger partial charge in [-0.05, 0) is 67.4 Å². The Bertz CT molecular complexity index is 1580. The Morgan fingerprint density at radius 2 is 1.38 bits per heavy atom. The summed E-state index contributed by atoms with van der Waals surface area (Å²) < 4.78 is 34.8. The molecule has 0 aliphatic carbocycles. The highest BCUT2D eigenvalue weighted by Gasteiger charge is 2.33. The van der Waals surface area contributed by atoms with Gasteiger partial charge in [-0.2, -0.15) is 0 Å². The summed E-state index contributed by atoms with van der Waals surface area (Å²) in [5, 5.41) is 2.63. The average molecular weight is 586 g/mol. The molecule has 0 heterocycles. The van der Waals surface area contributed by atoms with Gasteiger partial charge in [-0.25, -0.2) is 8.42 Å². The van der Waals surface area contributed by atoms with Crippen LogP contribution in [0.2, 0.25) is 0 Å². The van der Waals surface area contributed by atoms with Gasteiger partial charge in [0.25, 0.3) is 10.0 Å². The number of ether oxygens (including phenoxy) is 1. The van der Waals surface area contributed by atoms with Crippen LogP contribution < -0.4 is 14.4 Å². The van der Waals surface area contributed by atoms with E-state index in [1.807, 2.05) is 68.4 Å². The molecule has 4 rings (SSSR count). The highest BCUT2D eigenvalue weighted by Crippen LogP contribution is 2.28. The SMILES string of the molecule is CCC(C(=O)NC)N(Cc1ccc(C)cc1)C(=O)CN(c1ccc(Oc2ccccc2)cc1)S(=O)(=O)c1ccccc1. The first-order chi connectivity index (χ1) is 20.2. The minimum absolute atomic E-state index is 0.0471. The fraction of sp³-hybridized carbons (Fsp3) is 0.212. The lowest BCUT2D eigenvalue weighted by Gasteiger charge is -2.33. The Morgan fingerprint density at radius 1 is 0.810 bits per heavy atom. The number of amides is 2. The minimum Gasteiger partial charge on any atom is -0.457 e. The molecule has 0 aliphatic rings. The molecule has 0 radical (unpaired) electrons. The van der Waals surface area contributed by atoms with Crippen LogP contribution in [0.3, 0.4) is 0 Å². The summed E-state index contributed by atoms with van der Waals surface area (Å²) in [5.74, 6) is 0.328. The number of carbonyl (C=O) groups excluding carboxylic acids is 2. The van der Waals surface area contributed by atoms with Crippen LogP contribution in [-0.4, -0.2) is 44.8 Å². The molecule has 0 saturated carbocycles. The fourth-order valence-electron chi connectivity index (χ4n) is 4.53. The van der Waals surface area contributed by atoms with Gasteiger partial charge in [0.05, 0.1) is 10.6 Å². The molecule has 9 heteroatoms. The van der Waals surface area contributed by atoms with E-state index in [0.29, 0.717) is 17.9 Å². The number of nitrogens with one attached hydrogen (secondary N) is 1. The van der Waals surface area contributed by atoms with Gasteiger partial charge in [-0.15, -0.1) is 0 Å². The van der Waals surface area contributed by atoms with Crippen LogP contribution in [0.4, 0.5) is 5.69 Å². The smallest absolute Gasteiger partial charge is 0.264 e. The molecule has 1 unspecified atom stereocenters. The molecule has 4 aromatic carbocycles. The lowest BCUT2D eigenvalue weighted by atomic mass is 10.1. The number of benzene rings is 4. The summed E-state index contributed by atoms with van der Waals surface area (Å²) >= 11 is 0. The average Bonchev–Trinajstić information content (AvgIpc) is 3.01. The second-order valence-corrected chi connectivity index (χ2v) is 11.6. The predicted molar refractivity (Wildman–Crippen MR) is 164 cm³/mol. The molecule has 0 fully saturated rings. The van der Waals surface area contributed by atoms with Crippen LogP contribution in [-0.2, 0) is 26.2 Å². The molecule has 1 N–H and O–H groups in total. The van der Waals surface area contributed by atoms with E-state index in [2.05, 4.69) is 5.32 Å². The summed E-state index contributed by atoms with van der Waals surface area (Å²) in [6, 6.07) is 30.6. The number of rotatable bonds is 12. The number of nitrogens with zero attached hydrogens (tertiary/aromatic N) is 2. The molecule has 0 bridgehead atoms. The van der Waals surface area contributed by atoms with Crippen molar-refractivity contribution >= 4 is 27.5 Å². The molecule has 1 atom stereocenters. The number of likely N-dealkylation sites (N-methyl/N-ethyl adjacent to an activating group) is 1. The maximum Gasteiger partial charge on any atom is 0.264 e. The van der Waals surface area contributed by atoms with Crippen molar-refractivity contribution in [3.63, 3.8) is 0 Å². The van der Waals surface area contributed by atoms with Gasteiger partial charge < -0.3 is 15.0 Å². The lowest BCUT2D eigenvalue weighted by molar-refractivity contribution is -0.140. The second kappa shape index (κ2) is 13.8. The molecule has 0 aromatic heterocycles. The van der Waals surface area contributed by atoms with Crippen LogP contribution >= 0.6 is 0 Å². The number of carbonyl (C=O) groups is 2. The van der Waals surface area contributed by atoms with Crippen LogP contribution in [0.1, 0.15) is 24.5 Å². The highest BCUT2D eigenvalue weighted by molar-refractivity contribution is 7.92. The van der Waals surface area contributed by atoms with E-state index in [1.165, 1.54) is 24.1 Å². The molecule has 0 aliphatic heterocycles. The van der Waals surface area contributed by atoms with E-state index in [1.54, 1.807) is 42.5 Å². The first kappa shape index (κ1) is 30.3. The standard InChI is InChI=1S/C33H35N3O5S/c1-4-31(33(38)34-3)35(23-26-17-15-25(2)16-18-26)32(37)24-36(42(39,40)30-13-9-6-10-14-30)27-19-21-29(22-20-27)41-28-11-7-5-8-12-28/h5-22,31H,4,23-24H2,1-3H3,(H,34,38). The number of hydrogen-bond acceptors (Lipinski definition) is 5. The molecule has 2 amide bonds. The minimum atomic E-state index is -4.15. The zero-order valence-corrected chi connectivity index (χ0v) is 24.8. The third kappa shape index (κ3) is 7.36. The van der Waals surface area contributed by atoms with E-state index >= 15 is 0 Å². The Hall–Kier alpha value is -4.63. The van der Waals surface area contributed by atoms with Gasteiger partial charge in [0.2, 0.25) is 11.8 Å². The van der Waals surface area contributed by atoms with E-state index in [4.69, 9.17) is 4.74 Å². The van der Waals surface area contributed by atoms with Crippen LogP contribution in [0.5, 0.6) is 11.5 Å². The van der Waals surface area contributed by atoms with E-state index in [9.17, 15) is 18.0 Å². The third-order valence-corrected chi connectivity index (χ3v) is 8.61. The Balaban J connectivity index is 1.70. The van der Waals surface area contributed by atoms with E-state index in [0.717, 1.165) is 15.4 Å². The van der Waals surface area contributed by atoms with Gasteiger partial charge >= 0.3 is 0 Å². The maximum atomic E-state index is 14.0. The maximum absolute atomic E-state index is 14.0. The van der Waals surface area contributed by atoms with Crippen molar-refractivity contribution < 1.29 is 22.7 Å². The van der Waals surface area contributed by atoms with Gasteiger partial charge in [0, 0.05) is 13.6 Å². The normalized spacial score (nSPS) is 11.8. The Kier molecular flexibility index (Phi) is 9.98. The summed E-state index contributed by atoms with van der Waals surface area (Å²) in [4.78, 5) is 28.4. The van der Waals surface area contributed by atoms with Gasteiger partial charge in [-0.1, -0.05) is 73.2 Å². The van der Waals surface area contributed by atoms with Crippen LogP contribution in [0.15, 0.2) is 114 Å². The van der Waals surface area contributed by atoms with Gasteiger partial charge in [-0.3, -0.25) is 13.9 Å². The van der Waals surface area contributed by atoms with Crippen LogP contribution in [0, 0.1) is 6.92 Å². The van der Waals surface area contributed by atoms with Crippen molar-refractivity contribution in [2.75, 3.05) is 17.9 Å². The third-order valence-electron chi connectivity index (χ3n) is 6.82. The zero-order valence-electron chi connectivity index (χ0n) is 23.9. The predicted octanol–water partition coefficient (Wildman–Crippen LogP) is 5.54. The van der Waals surface area contributed by atoms with Crippen molar-refractivity contribution in [2.45, 2.75) is 37.8 Å². The van der Waals surface area contributed by atoms with Crippen molar-refractivity contribution in [1.82, 2.24) is 10.2 Å². The molecule has 218 valence electrons. The summed E-state index contributed by atoms with van der Waals surface area (Å²) in [6.07, 6.45) is 0.355. The number of para-hydroxylation sites is 1. The van der Waals surface area contributed by atoms with E-state index < -0.39 is 28.5 Å². The molecular weight excluding hydrogens is 550 g/mol. The lowest BCUT2D eigenvalue weighted by Crippen LogP contribution is -2.51. The summed E-state index contributed by atoms with van der Waals surface area (Å²) in [5.41, 5.74) is 2.18. The van der Waals surface area contributed by atoms with Gasteiger partial charge in [0.1, 0.15) is 24.1 Å². The molecule has 42 heavy (non-hydrogen) atoms. The first-order valence-electron chi connectivity index (χ1n) is 13.7. The fourth-order valence-corrected chi connectivity index (χ4v) is 5.96.